The number of nitrogen functional groups attached to an aromatic ring is 1. The fraction of sp³-hybridized carbons (Fsp3) is 0.533. The van der Waals surface area contributed by atoms with Crippen LogP contribution in [0.4, 0.5) is 18.9 Å². The third-order valence-corrected chi connectivity index (χ3v) is 4.05. The van der Waals surface area contributed by atoms with Crippen molar-refractivity contribution in [1.29, 1.82) is 0 Å². The summed E-state index contributed by atoms with van der Waals surface area (Å²) in [5, 5.41) is 2.82. The Morgan fingerprint density at radius 1 is 1.29 bits per heavy atom. The van der Waals surface area contributed by atoms with Crippen molar-refractivity contribution in [1.82, 2.24) is 5.32 Å². The average Bonchev–Trinajstić information content (AvgIpc) is 2.40. The lowest BCUT2D eigenvalue weighted by atomic mass is 9.86. The van der Waals surface area contributed by atoms with Gasteiger partial charge in [0.1, 0.15) is 0 Å². The largest absolute Gasteiger partial charge is 0.416 e. The zero-order valence-corrected chi connectivity index (χ0v) is 11.8. The molecule has 1 aliphatic rings. The molecule has 1 fully saturated rings. The number of halogens is 3. The number of amides is 1. The lowest BCUT2D eigenvalue weighted by Gasteiger charge is -2.29. The third-order valence-electron chi connectivity index (χ3n) is 4.05. The van der Waals surface area contributed by atoms with E-state index in [0.717, 1.165) is 43.9 Å². The van der Waals surface area contributed by atoms with E-state index in [1.54, 1.807) is 0 Å². The summed E-state index contributed by atoms with van der Waals surface area (Å²) in [5.74, 6) is -0.202. The topological polar surface area (TPSA) is 55.1 Å². The zero-order valence-electron chi connectivity index (χ0n) is 11.8. The van der Waals surface area contributed by atoms with Crippen LogP contribution in [-0.2, 0) is 6.18 Å². The highest BCUT2D eigenvalue weighted by Gasteiger charge is 2.32. The molecule has 3 N–H and O–H groups in total. The Morgan fingerprint density at radius 3 is 2.57 bits per heavy atom. The van der Waals surface area contributed by atoms with Crippen LogP contribution in [-0.4, -0.2) is 11.9 Å². The molecule has 0 bridgehead atoms. The monoisotopic (exact) mass is 300 g/mol. The summed E-state index contributed by atoms with van der Waals surface area (Å²) in [7, 11) is 0. The van der Waals surface area contributed by atoms with E-state index in [2.05, 4.69) is 5.32 Å². The van der Waals surface area contributed by atoms with Crippen molar-refractivity contribution in [3.63, 3.8) is 0 Å². The summed E-state index contributed by atoms with van der Waals surface area (Å²) in [4.78, 5) is 12.2. The van der Waals surface area contributed by atoms with Gasteiger partial charge in [0.15, 0.2) is 0 Å². The number of hydrogen-bond acceptors (Lipinski definition) is 2. The SMILES string of the molecule is CC1CCCCC1NC(=O)c1cc(C(F)(F)F)ccc1N. The first-order chi connectivity index (χ1) is 9.79. The Balaban J connectivity index is 2.18. The van der Waals surface area contributed by atoms with Crippen LogP contribution >= 0.6 is 0 Å². The van der Waals surface area contributed by atoms with Crippen LogP contribution < -0.4 is 11.1 Å². The molecule has 116 valence electrons. The van der Waals surface area contributed by atoms with E-state index in [1.807, 2.05) is 6.92 Å². The average molecular weight is 300 g/mol. The van der Waals surface area contributed by atoms with E-state index >= 15 is 0 Å². The minimum Gasteiger partial charge on any atom is -0.398 e. The van der Waals surface area contributed by atoms with Gasteiger partial charge in [-0.15, -0.1) is 0 Å². The maximum absolute atomic E-state index is 12.7. The number of carbonyl (C=O) groups excluding carboxylic acids is 1. The third kappa shape index (κ3) is 3.68. The normalized spacial score (nSPS) is 22.9. The summed E-state index contributed by atoms with van der Waals surface area (Å²) in [5.41, 5.74) is 4.73. The van der Waals surface area contributed by atoms with Gasteiger partial charge in [0.2, 0.25) is 0 Å². The van der Waals surface area contributed by atoms with E-state index in [-0.39, 0.29) is 17.3 Å². The first-order valence-electron chi connectivity index (χ1n) is 7.06. The minimum atomic E-state index is -4.49. The molecule has 1 aromatic carbocycles. The van der Waals surface area contributed by atoms with Crippen LogP contribution in [0.25, 0.3) is 0 Å². The Morgan fingerprint density at radius 2 is 1.95 bits per heavy atom. The Kier molecular flexibility index (Phi) is 4.44. The molecule has 3 nitrogen and oxygen atoms in total. The summed E-state index contributed by atoms with van der Waals surface area (Å²) >= 11 is 0. The van der Waals surface area contributed by atoms with Crippen molar-refractivity contribution in [2.45, 2.75) is 44.8 Å². The molecule has 1 aromatic rings. The first kappa shape index (κ1) is 15.7. The second kappa shape index (κ2) is 5.95. The molecular formula is C15H19F3N2O. The minimum absolute atomic E-state index is 0.000179. The van der Waals surface area contributed by atoms with Crippen LogP contribution in [0.1, 0.15) is 48.5 Å². The van der Waals surface area contributed by atoms with Gasteiger partial charge in [0, 0.05) is 11.7 Å². The van der Waals surface area contributed by atoms with Crippen molar-refractivity contribution in [3.05, 3.63) is 29.3 Å². The van der Waals surface area contributed by atoms with E-state index in [4.69, 9.17) is 5.73 Å². The fourth-order valence-electron chi connectivity index (χ4n) is 2.71. The lowest BCUT2D eigenvalue weighted by molar-refractivity contribution is -0.137. The quantitative estimate of drug-likeness (QED) is 0.820. The maximum atomic E-state index is 12.7. The highest BCUT2D eigenvalue weighted by Crippen LogP contribution is 2.31. The Hall–Kier alpha value is -1.72. The van der Waals surface area contributed by atoms with Gasteiger partial charge in [-0.3, -0.25) is 4.79 Å². The first-order valence-corrected chi connectivity index (χ1v) is 7.06. The van der Waals surface area contributed by atoms with Gasteiger partial charge in [-0.2, -0.15) is 13.2 Å². The molecule has 2 atom stereocenters. The summed E-state index contributed by atoms with van der Waals surface area (Å²) in [6.07, 6.45) is -0.470. The van der Waals surface area contributed by atoms with Crippen LogP contribution in [0, 0.1) is 5.92 Å². The number of benzene rings is 1. The van der Waals surface area contributed by atoms with Gasteiger partial charge in [-0.1, -0.05) is 19.8 Å². The fourth-order valence-corrected chi connectivity index (χ4v) is 2.71. The van der Waals surface area contributed by atoms with Crippen molar-refractivity contribution >= 4 is 11.6 Å². The smallest absolute Gasteiger partial charge is 0.398 e. The van der Waals surface area contributed by atoms with Gasteiger partial charge in [0.25, 0.3) is 5.91 Å². The molecule has 1 amide bonds. The number of nitrogens with one attached hydrogen (secondary N) is 1. The predicted molar refractivity (Wildman–Crippen MR) is 74.7 cm³/mol. The summed E-state index contributed by atoms with van der Waals surface area (Å²) in [6.45, 7) is 2.04. The number of nitrogens with two attached hydrogens (primary N) is 1. The van der Waals surface area contributed by atoms with Crippen molar-refractivity contribution in [2.24, 2.45) is 5.92 Å². The lowest BCUT2D eigenvalue weighted by Crippen LogP contribution is -2.41. The van der Waals surface area contributed by atoms with Crippen LogP contribution in [0.2, 0.25) is 0 Å². The van der Waals surface area contributed by atoms with Gasteiger partial charge in [-0.05, 0) is 37.0 Å². The van der Waals surface area contributed by atoms with E-state index in [0.29, 0.717) is 5.92 Å². The number of anilines is 1. The van der Waals surface area contributed by atoms with E-state index in [9.17, 15) is 18.0 Å². The van der Waals surface area contributed by atoms with Gasteiger partial charge in [-0.25, -0.2) is 0 Å². The number of hydrogen-bond donors (Lipinski definition) is 2. The molecule has 0 radical (unpaired) electrons. The standard InChI is InChI=1S/C15H19F3N2O/c1-9-4-2-3-5-13(9)20-14(21)11-8-10(15(16,17)18)6-7-12(11)19/h6-9,13H,2-5,19H2,1H3,(H,20,21). The van der Waals surface area contributed by atoms with Crippen LogP contribution in [0.3, 0.4) is 0 Å². The summed E-state index contributed by atoms with van der Waals surface area (Å²) in [6, 6.07) is 2.83. The van der Waals surface area contributed by atoms with E-state index in [1.165, 1.54) is 0 Å². The Labute approximate surface area is 121 Å². The second-order valence-corrected chi connectivity index (χ2v) is 5.64. The molecule has 6 heteroatoms. The van der Waals surface area contributed by atoms with Crippen molar-refractivity contribution < 1.29 is 18.0 Å². The van der Waals surface area contributed by atoms with Gasteiger partial charge in [0.05, 0.1) is 11.1 Å². The molecule has 0 aromatic heterocycles. The zero-order chi connectivity index (χ0) is 15.6. The van der Waals surface area contributed by atoms with Gasteiger partial charge >= 0.3 is 6.18 Å². The number of carbonyl (C=O) groups is 1. The summed E-state index contributed by atoms with van der Waals surface area (Å²) < 4.78 is 38.1. The Bertz CT molecular complexity index is 528. The molecule has 21 heavy (non-hydrogen) atoms. The highest BCUT2D eigenvalue weighted by atomic mass is 19.4. The van der Waals surface area contributed by atoms with Crippen molar-refractivity contribution in [3.8, 4) is 0 Å². The molecule has 0 heterocycles. The number of rotatable bonds is 2. The van der Waals surface area contributed by atoms with E-state index < -0.39 is 17.6 Å². The molecule has 0 spiro atoms. The predicted octanol–water partition coefficient (Wildman–Crippen LogP) is 3.60. The molecule has 0 aliphatic heterocycles. The second-order valence-electron chi connectivity index (χ2n) is 5.64. The van der Waals surface area contributed by atoms with Crippen molar-refractivity contribution in [2.75, 3.05) is 5.73 Å². The highest BCUT2D eigenvalue weighted by molar-refractivity contribution is 5.99. The number of alkyl halides is 3. The molecule has 2 rings (SSSR count). The van der Waals surface area contributed by atoms with Crippen LogP contribution in [0.15, 0.2) is 18.2 Å². The molecule has 1 saturated carbocycles. The molecule has 2 unspecified atom stereocenters. The van der Waals surface area contributed by atoms with Crippen LogP contribution in [0.5, 0.6) is 0 Å². The van der Waals surface area contributed by atoms with Gasteiger partial charge < -0.3 is 11.1 Å². The maximum Gasteiger partial charge on any atom is 0.416 e. The molecule has 0 saturated heterocycles. The molecular weight excluding hydrogens is 281 g/mol. The molecule has 1 aliphatic carbocycles.